The molecule has 0 amide bonds. The first-order valence-electron chi connectivity index (χ1n) is 6.89. The summed E-state index contributed by atoms with van der Waals surface area (Å²) in [5.41, 5.74) is -0.684. The summed E-state index contributed by atoms with van der Waals surface area (Å²) < 4.78 is 5.29. The minimum absolute atomic E-state index is 0.477. The summed E-state index contributed by atoms with van der Waals surface area (Å²) in [6, 6.07) is 0. The van der Waals surface area contributed by atoms with E-state index in [1.165, 1.54) is 0 Å². The standard InChI is InChI=1S/C14H27N3O2S/c1-10(2)7-14(3,18)9-15-8-11-12(19-6)16-13(20-11)17(4)5/h10,15,18H,7-9H2,1-6H3. The van der Waals surface area contributed by atoms with E-state index in [9.17, 15) is 5.11 Å². The van der Waals surface area contributed by atoms with E-state index < -0.39 is 5.60 Å². The molecule has 1 heterocycles. The van der Waals surface area contributed by atoms with Gasteiger partial charge in [0.05, 0.1) is 17.6 Å². The van der Waals surface area contributed by atoms with Crippen LogP contribution < -0.4 is 15.0 Å². The van der Waals surface area contributed by atoms with E-state index in [0.29, 0.717) is 24.9 Å². The molecule has 0 spiro atoms. The molecular formula is C14H27N3O2S. The Hall–Kier alpha value is -0.850. The first kappa shape index (κ1) is 17.2. The van der Waals surface area contributed by atoms with Crippen molar-refractivity contribution in [1.29, 1.82) is 0 Å². The topological polar surface area (TPSA) is 57.6 Å². The molecule has 0 radical (unpaired) electrons. The molecule has 116 valence electrons. The number of ether oxygens (including phenoxy) is 1. The van der Waals surface area contributed by atoms with E-state index in [1.54, 1.807) is 18.4 Å². The highest BCUT2D eigenvalue weighted by molar-refractivity contribution is 7.15. The van der Waals surface area contributed by atoms with E-state index in [4.69, 9.17) is 4.74 Å². The molecule has 1 rings (SSSR count). The van der Waals surface area contributed by atoms with E-state index in [2.05, 4.69) is 24.1 Å². The van der Waals surface area contributed by atoms with Crippen molar-refractivity contribution in [2.45, 2.75) is 39.3 Å². The summed E-state index contributed by atoms with van der Waals surface area (Å²) in [5, 5.41) is 14.5. The zero-order valence-corrected chi connectivity index (χ0v) is 14.2. The number of anilines is 1. The highest BCUT2D eigenvalue weighted by Crippen LogP contribution is 2.30. The maximum absolute atomic E-state index is 10.3. The number of aromatic nitrogens is 1. The summed E-state index contributed by atoms with van der Waals surface area (Å²) in [4.78, 5) is 7.43. The second-order valence-electron chi connectivity index (χ2n) is 6.02. The van der Waals surface area contributed by atoms with Gasteiger partial charge < -0.3 is 20.1 Å². The minimum atomic E-state index is -0.684. The second-order valence-corrected chi connectivity index (χ2v) is 7.08. The van der Waals surface area contributed by atoms with Crippen molar-refractivity contribution in [3.8, 4) is 5.88 Å². The SMILES string of the molecule is COc1nc(N(C)C)sc1CNCC(C)(O)CC(C)C. The highest BCUT2D eigenvalue weighted by atomic mass is 32.1. The van der Waals surface area contributed by atoms with Crippen LogP contribution in [0.5, 0.6) is 5.88 Å². The average Bonchev–Trinajstić information content (AvgIpc) is 2.70. The lowest BCUT2D eigenvalue weighted by Gasteiger charge is -2.25. The fourth-order valence-corrected chi connectivity index (χ4v) is 3.11. The maximum atomic E-state index is 10.3. The molecular weight excluding hydrogens is 274 g/mol. The Morgan fingerprint density at radius 1 is 1.45 bits per heavy atom. The van der Waals surface area contributed by atoms with Crippen molar-refractivity contribution in [1.82, 2.24) is 10.3 Å². The summed E-state index contributed by atoms with van der Waals surface area (Å²) in [6.07, 6.45) is 0.781. The van der Waals surface area contributed by atoms with Crippen molar-refractivity contribution < 1.29 is 9.84 Å². The van der Waals surface area contributed by atoms with Crippen molar-refractivity contribution >= 4 is 16.5 Å². The van der Waals surface area contributed by atoms with Gasteiger partial charge in [-0.15, -0.1) is 0 Å². The molecule has 2 N–H and O–H groups in total. The third-order valence-electron chi connectivity index (χ3n) is 2.87. The van der Waals surface area contributed by atoms with Crippen LogP contribution in [0.4, 0.5) is 5.13 Å². The van der Waals surface area contributed by atoms with Crippen LogP contribution in [0.2, 0.25) is 0 Å². The van der Waals surface area contributed by atoms with Gasteiger partial charge in [0, 0.05) is 27.2 Å². The van der Waals surface area contributed by atoms with Crippen LogP contribution in [0.15, 0.2) is 0 Å². The summed E-state index contributed by atoms with van der Waals surface area (Å²) in [5.74, 6) is 1.14. The first-order valence-corrected chi connectivity index (χ1v) is 7.71. The minimum Gasteiger partial charge on any atom is -0.480 e. The molecule has 0 saturated carbocycles. The molecule has 0 aliphatic rings. The molecule has 1 unspecified atom stereocenters. The third-order valence-corrected chi connectivity index (χ3v) is 4.07. The van der Waals surface area contributed by atoms with Crippen LogP contribution in [0, 0.1) is 5.92 Å². The normalized spacial score (nSPS) is 14.4. The molecule has 1 aromatic rings. The number of nitrogens with zero attached hydrogens (tertiary/aromatic N) is 2. The van der Waals surface area contributed by atoms with E-state index in [1.807, 2.05) is 25.9 Å². The van der Waals surface area contributed by atoms with Gasteiger partial charge in [-0.2, -0.15) is 4.98 Å². The van der Waals surface area contributed by atoms with Crippen molar-refractivity contribution in [2.75, 3.05) is 32.6 Å². The Labute approximate surface area is 126 Å². The van der Waals surface area contributed by atoms with Crippen LogP contribution in [0.3, 0.4) is 0 Å². The summed E-state index contributed by atoms with van der Waals surface area (Å²) in [6.45, 7) is 7.32. The third kappa shape index (κ3) is 5.26. The Balaban J connectivity index is 2.57. The molecule has 20 heavy (non-hydrogen) atoms. The van der Waals surface area contributed by atoms with Crippen molar-refractivity contribution in [2.24, 2.45) is 5.92 Å². The molecule has 0 aromatic carbocycles. The van der Waals surface area contributed by atoms with E-state index >= 15 is 0 Å². The molecule has 6 heteroatoms. The molecule has 0 aliphatic heterocycles. The lowest BCUT2D eigenvalue weighted by Crippen LogP contribution is -2.38. The Kier molecular flexibility index (Phi) is 6.23. The molecule has 1 aromatic heterocycles. The van der Waals surface area contributed by atoms with Crippen LogP contribution in [0.1, 0.15) is 32.1 Å². The predicted octanol–water partition coefficient (Wildman–Crippen LogP) is 2.10. The van der Waals surface area contributed by atoms with Crippen LogP contribution in [-0.2, 0) is 6.54 Å². The van der Waals surface area contributed by atoms with Crippen LogP contribution in [-0.4, -0.2) is 43.4 Å². The number of aliphatic hydroxyl groups is 1. The van der Waals surface area contributed by atoms with Crippen LogP contribution in [0.25, 0.3) is 0 Å². The van der Waals surface area contributed by atoms with Crippen LogP contribution >= 0.6 is 11.3 Å². The number of methoxy groups -OCH3 is 1. The average molecular weight is 301 g/mol. The van der Waals surface area contributed by atoms with E-state index in [0.717, 1.165) is 16.4 Å². The number of hydrogen-bond acceptors (Lipinski definition) is 6. The van der Waals surface area contributed by atoms with Gasteiger partial charge in [-0.3, -0.25) is 0 Å². The predicted molar refractivity (Wildman–Crippen MR) is 84.8 cm³/mol. The van der Waals surface area contributed by atoms with Gasteiger partial charge >= 0.3 is 0 Å². The van der Waals surface area contributed by atoms with Gasteiger partial charge in [-0.1, -0.05) is 25.2 Å². The summed E-state index contributed by atoms with van der Waals surface area (Å²) in [7, 11) is 5.55. The fraction of sp³-hybridized carbons (Fsp3) is 0.786. The van der Waals surface area contributed by atoms with Gasteiger partial charge in [0.15, 0.2) is 5.13 Å². The molecule has 0 aliphatic carbocycles. The molecule has 1 atom stereocenters. The van der Waals surface area contributed by atoms with Gasteiger partial charge in [-0.05, 0) is 19.3 Å². The summed E-state index contributed by atoms with van der Waals surface area (Å²) >= 11 is 1.60. The number of rotatable bonds is 8. The fourth-order valence-electron chi connectivity index (χ4n) is 2.19. The van der Waals surface area contributed by atoms with Crippen molar-refractivity contribution in [3.63, 3.8) is 0 Å². The number of thiazole rings is 1. The lowest BCUT2D eigenvalue weighted by atomic mass is 9.94. The zero-order valence-electron chi connectivity index (χ0n) is 13.4. The Morgan fingerprint density at radius 3 is 2.60 bits per heavy atom. The van der Waals surface area contributed by atoms with Gasteiger partial charge in [0.25, 0.3) is 0 Å². The first-order chi connectivity index (χ1) is 9.25. The van der Waals surface area contributed by atoms with Gasteiger partial charge in [0.1, 0.15) is 0 Å². The molecule has 0 fully saturated rings. The van der Waals surface area contributed by atoms with Crippen molar-refractivity contribution in [3.05, 3.63) is 4.88 Å². The Bertz CT molecular complexity index is 417. The van der Waals surface area contributed by atoms with Gasteiger partial charge in [-0.25, -0.2) is 0 Å². The number of nitrogens with one attached hydrogen (secondary N) is 1. The lowest BCUT2D eigenvalue weighted by molar-refractivity contribution is 0.0383. The monoisotopic (exact) mass is 301 g/mol. The Morgan fingerprint density at radius 2 is 2.10 bits per heavy atom. The largest absolute Gasteiger partial charge is 0.480 e. The van der Waals surface area contributed by atoms with E-state index in [-0.39, 0.29) is 0 Å². The maximum Gasteiger partial charge on any atom is 0.230 e. The highest BCUT2D eigenvalue weighted by Gasteiger charge is 2.22. The molecule has 0 saturated heterocycles. The number of hydrogen-bond donors (Lipinski definition) is 2. The second kappa shape index (κ2) is 7.24. The molecule has 5 nitrogen and oxygen atoms in total. The molecule has 0 bridgehead atoms. The smallest absolute Gasteiger partial charge is 0.230 e. The quantitative estimate of drug-likeness (QED) is 0.770. The van der Waals surface area contributed by atoms with Gasteiger partial charge in [0.2, 0.25) is 5.88 Å². The zero-order chi connectivity index (χ0) is 15.3.